The summed E-state index contributed by atoms with van der Waals surface area (Å²) in [7, 11) is -3.14. The lowest BCUT2D eigenvalue weighted by atomic mass is 10.2. The second-order valence-corrected chi connectivity index (χ2v) is 5.29. The quantitative estimate of drug-likeness (QED) is 0.861. The molecule has 7 heteroatoms. The Kier molecular flexibility index (Phi) is 5.13. The summed E-state index contributed by atoms with van der Waals surface area (Å²) in [4.78, 5) is 3.70. The van der Waals surface area contributed by atoms with E-state index in [2.05, 4.69) is 4.98 Å². The molecule has 0 aliphatic heterocycles. The lowest BCUT2D eigenvalue weighted by Gasteiger charge is -2.08. The molecular formula is C8H12ClFN2O2S. The molecule has 0 aliphatic rings. The van der Waals surface area contributed by atoms with Crippen LogP contribution in [-0.4, -0.2) is 25.4 Å². The lowest BCUT2D eigenvalue weighted by molar-refractivity contribution is 0.592. The fourth-order valence-electron chi connectivity index (χ4n) is 1.02. The number of nitrogens with zero attached hydrogens (tertiary/aromatic N) is 1. The largest absolute Gasteiger partial charge is 0.322 e. The molecule has 4 nitrogen and oxygen atoms in total. The molecule has 1 unspecified atom stereocenters. The molecule has 15 heavy (non-hydrogen) atoms. The minimum absolute atomic E-state index is 0. The summed E-state index contributed by atoms with van der Waals surface area (Å²) in [5.74, 6) is -0.661. The van der Waals surface area contributed by atoms with E-state index in [1.807, 2.05) is 0 Å². The van der Waals surface area contributed by atoms with Gasteiger partial charge in [-0.1, -0.05) is 0 Å². The monoisotopic (exact) mass is 254 g/mol. The van der Waals surface area contributed by atoms with E-state index in [0.717, 1.165) is 12.5 Å². The second-order valence-electron chi connectivity index (χ2n) is 3.10. The highest BCUT2D eigenvalue weighted by molar-refractivity contribution is 7.90. The van der Waals surface area contributed by atoms with Gasteiger partial charge in [0.15, 0.2) is 0 Å². The molecule has 1 aromatic rings. The maximum Gasteiger partial charge on any atom is 0.149 e. The fraction of sp³-hybridized carbons (Fsp3) is 0.375. The van der Waals surface area contributed by atoms with Crippen LogP contribution in [0.1, 0.15) is 11.7 Å². The van der Waals surface area contributed by atoms with E-state index in [-0.39, 0.29) is 18.2 Å². The molecule has 1 aromatic heterocycles. The van der Waals surface area contributed by atoms with Gasteiger partial charge in [-0.3, -0.25) is 4.98 Å². The van der Waals surface area contributed by atoms with Gasteiger partial charge in [0, 0.05) is 6.26 Å². The van der Waals surface area contributed by atoms with Crippen molar-refractivity contribution in [2.45, 2.75) is 6.04 Å². The van der Waals surface area contributed by atoms with E-state index in [0.29, 0.717) is 5.69 Å². The van der Waals surface area contributed by atoms with Crippen LogP contribution in [0.4, 0.5) is 4.39 Å². The smallest absolute Gasteiger partial charge is 0.149 e. The van der Waals surface area contributed by atoms with Crippen LogP contribution >= 0.6 is 12.4 Å². The molecule has 1 rings (SSSR count). The van der Waals surface area contributed by atoms with Gasteiger partial charge in [-0.2, -0.15) is 0 Å². The topological polar surface area (TPSA) is 73.0 Å². The summed E-state index contributed by atoms with van der Waals surface area (Å²) in [6, 6.07) is 1.88. The number of pyridine rings is 1. The Balaban J connectivity index is 0.00000196. The summed E-state index contributed by atoms with van der Waals surface area (Å²) in [5.41, 5.74) is 5.94. The molecule has 0 bridgehead atoms. The summed E-state index contributed by atoms with van der Waals surface area (Å²) >= 11 is 0. The predicted octanol–water partition coefficient (Wildman–Crippen LogP) is 0.687. The molecule has 86 valence electrons. The van der Waals surface area contributed by atoms with Crippen LogP contribution in [0.3, 0.4) is 0 Å². The van der Waals surface area contributed by atoms with Crippen molar-refractivity contribution >= 4 is 22.2 Å². The minimum atomic E-state index is -3.14. The number of halogens is 2. The molecule has 2 N–H and O–H groups in total. The Morgan fingerprint density at radius 2 is 2.13 bits per heavy atom. The molecule has 0 aromatic carbocycles. The van der Waals surface area contributed by atoms with E-state index in [4.69, 9.17) is 5.73 Å². The van der Waals surface area contributed by atoms with Gasteiger partial charge in [-0.15, -0.1) is 12.4 Å². The Morgan fingerprint density at radius 3 is 2.53 bits per heavy atom. The van der Waals surface area contributed by atoms with Crippen LogP contribution in [0.25, 0.3) is 0 Å². The van der Waals surface area contributed by atoms with Gasteiger partial charge in [0.05, 0.1) is 23.7 Å². The minimum Gasteiger partial charge on any atom is -0.322 e. The van der Waals surface area contributed by atoms with Crippen LogP contribution in [0, 0.1) is 5.82 Å². The molecule has 0 saturated carbocycles. The summed E-state index contributed by atoms with van der Waals surface area (Å²) < 4.78 is 34.3. The Morgan fingerprint density at radius 1 is 1.53 bits per heavy atom. The highest BCUT2D eigenvalue weighted by Crippen LogP contribution is 2.09. The van der Waals surface area contributed by atoms with Gasteiger partial charge in [0.2, 0.25) is 0 Å². The van der Waals surface area contributed by atoms with Crippen molar-refractivity contribution in [3.63, 3.8) is 0 Å². The van der Waals surface area contributed by atoms with Crippen LogP contribution in [0.2, 0.25) is 0 Å². The zero-order valence-electron chi connectivity index (χ0n) is 8.05. The third-order valence-electron chi connectivity index (χ3n) is 1.61. The number of nitrogens with two attached hydrogens (primary N) is 1. The summed E-state index contributed by atoms with van der Waals surface area (Å²) in [5, 5.41) is 0. The average Bonchev–Trinajstić information content (AvgIpc) is 2.02. The van der Waals surface area contributed by atoms with Gasteiger partial charge in [-0.05, 0) is 12.1 Å². The summed E-state index contributed by atoms with van der Waals surface area (Å²) in [6.45, 7) is 0. The van der Waals surface area contributed by atoms with Crippen molar-refractivity contribution in [1.29, 1.82) is 0 Å². The molecule has 0 spiro atoms. The molecule has 0 amide bonds. The second kappa shape index (κ2) is 5.39. The van der Waals surface area contributed by atoms with E-state index in [1.165, 1.54) is 12.1 Å². The van der Waals surface area contributed by atoms with Crippen LogP contribution in [-0.2, 0) is 9.84 Å². The average molecular weight is 255 g/mol. The number of hydrogen-bond donors (Lipinski definition) is 1. The Labute approximate surface area is 94.0 Å². The van der Waals surface area contributed by atoms with Crippen molar-refractivity contribution in [2.24, 2.45) is 5.73 Å². The number of hydrogen-bond acceptors (Lipinski definition) is 4. The van der Waals surface area contributed by atoms with E-state index < -0.39 is 21.7 Å². The molecule has 0 radical (unpaired) electrons. The highest BCUT2D eigenvalue weighted by atomic mass is 35.5. The van der Waals surface area contributed by atoms with Gasteiger partial charge in [0.1, 0.15) is 15.7 Å². The number of sulfone groups is 1. The number of aromatic nitrogens is 1. The molecule has 1 heterocycles. The van der Waals surface area contributed by atoms with Gasteiger partial charge in [0.25, 0.3) is 0 Å². The van der Waals surface area contributed by atoms with Crippen LogP contribution in [0.5, 0.6) is 0 Å². The van der Waals surface area contributed by atoms with Crippen molar-refractivity contribution in [1.82, 2.24) is 4.98 Å². The van der Waals surface area contributed by atoms with E-state index in [9.17, 15) is 12.8 Å². The predicted molar refractivity (Wildman–Crippen MR) is 58.1 cm³/mol. The third-order valence-corrected chi connectivity index (χ3v) is 2.58. The molecule has 0 fully saturated rings. The van der Waals surface area contributed by atoms with Crippen molar-refractivity contribution < 1.29 is 12.8 Å². The zero-order chi connectivity index (χ0) is 10.8. The van der Waals surface area contributed by atoms with Crippen LogP contribution < -0.4 is 5.73 Å². The summed E-state index contributed by atoms with van der Waals surface area (Å²) in [6.07, 6.45) is 2.11. The van der Waals surface area contributed by atoms with E-state index in [1.54, 1.807) is 0 Å². The normalized spacial score (nSPS) is 13.0. The van der Waals surface area contributed by atoms with Crippen molar-refractivity contribution in [3.8, 4) is 0 Å². The number of rotatable bonds is 3. The third kappa shape index (κ3) is 5.06. The molecule has 0 saturated heterocycles. The Bertz CT molecular complexity index is 407. The van der Waals surface area contributed by atoms with Crippen LogP contribution in [0.15, 0.2) is 18.3 Å². The first kappa shape index (κ1) is 14.3. The maximum atomic E-state index is 12.5. The standard InChI is InChI=1S/C8H11FN2O2S.ClH/c1-14(12,13)5-7(10)8-3-2-6(9)4-11-8;/h2-4,7H,5,10H2,1H3;1H. The zero-order valence-corrected chi connectivity index (χ0v) is 9.69. The van der Waals surface area contributed by atoms with Crippen molar-refractivity contribution in [2.75, 3.05) is 12.0 Å². The van der Waals surface area contributed by atoms with E-state index >= 15 is 0 Å². The van der Waals surface area contributed by atoms with Crippen molar-refractivity contribution in [3.05, 3.63) is 29.8 Å². The first-order valence-electron chi connectivity index (χ1n) is 3.93. The first-order chi connectivity index (χ1) is 6.38. The molecule has 1 atom stereocenters. The lowest BCUT2D eigenvalue weighted by Crippen LogP contribution is -2.21. The fourth-order valence-corrected chi connectivity index (χ4v) is 1.84. The first-order valence-corrected chi connectivity index (χ1v) is 5.99. The molecular weight excluding hydrogens is 243 g/mol. The Hall–Kier alpha value is -0.720. The van der Waals surface area contributed by atoms with Gasteiger partial charge in [-0.25, -0.2) is 12.8 Å². The SMILES string of the molecule is CS(=O)(=O)CC(N)c1ccc(F)cn1.Cl. The van der Waals surface area contributed by atoms with Gasteiger partial charge >= 0.3 is 0 Å². The highest BCUT2D eigenvalue weighted by Gasteiger charge is 2.13. The molecule has 0 aliphatic carbocycles. The van der Waals surface area contributed by atoms with Gasteiger partial charge < -0.3 is 5.73 Å². The maximum absolute atomic E-state index is 12.5.